The lowest BCUT2D eigenvalue weighted by molar-refractivity contribution is -0.144. The van der Waals surface area contributed by atoms with Gasteiger partial charge in [-0.1, -0.05) is 0 Å². The maximum Gasteiger partial charge on any atom is 0.236 e. The van der Waals surface area contributed by atoms with E-state index in [4.69, 9.17) is 9.84 Å². The number of carbonyl (C=O) groups excluding carboxylic acids is 1. The average molecular weight is 272 g/mol. The zero-order valence-corrected chi connectivity index (χ0v) is 12.5. The number of rotatable bonds is 7. The highest BCUT2D eigenvalue weighted by Crippen LogP contribution is 2.11. The summed E-state index contributed by atoms with van der Waals surface area (Å²) in [6.45, 7) is 7.04. The molecule has 19 heavy (non-hydrogen) atoms. The van der Waals surface area contributed by atoms with E-state index in [1.807, 2.05) is 25.8 Å². The van der Waals surface area contributed by atoms with Gasteiger partial charge in [0.25, 0.3) is 0 Å². The summed E-state index contributed by atoms with van der Waals surface area (Å²) in [6.07, 6.45) is 3.14. The molecule has 0 aliphatic carbocycles. The molecule has 1 aliphatic heterocycles. The van der Waals surface area contributed by atoms with Crippen molar-refractivity contribution in [2.45, 2.75) is 45.3 Å². The largest absolute Gasteiger partial charge is 0.396 e. The van der Waals surface area contributed by atoms with Gasteiger partial charge < -0.3 is 14.7 Å². The molecule has 0 aromatic heterocycles. The zero-order valence-electron chi connectivity index (χ0n) is 12.5. The third kappa shape index (κ3) is 6.36. The van der Waals surface area contributed by atoms with Gasteiger partial charge in [-0.2, -0.15) is 0 Å². The van der Waals surface area contributed by atoms with Crippen molar-refractivity contribution in [3.05, 3.63) is 0 Å². The Balaban J connectivity index is 2.25. The van der Waals surface area contributed by atoms with Gasteiger partial charge in [-0.15, -0.1) is 0 Å². The molecule has 0 spiro atoms. The highest BCUT2D eigenvalue weighted by Gasteiger charge is 2.26. The third-order valence-corrected chi connectivity index (χ3v) is 3.38. The monoisotopic (exact) mass is 272 g/mol. The minimum absolute atomic E-state index is 0.127. The van der Waals surface area contributed by atoms with Crippen LogP contribution in [0.4, 0.5) is 0 Å². The molecule has 2 atom stereocenters. The molecule has 112 valence electrons. The fraction of sp³-hybridized carbons (Fsp3) is 0.929. The lowest BCUT2D eigenvalue weighted by Crippen LogP contribution is -2.50. The minimum atomic E-state index is 0.127. The minimum Gasteiger partial charge on any atom is -0.396 e. The third-order valence-electron chi connectivity index (χ3n) is 3.38. The first kappa shape index (κ1) is 16.4. The second-order valence-corrected chi connectivity index (χ2v) is 5.58. The lowest BCUT2D eigenvalue weighted by atomic mass is 10.2. The molecular formula is C14H28N2O3. The Morgan fingerprint density at radius 3 is 2.47 bits per heavy atom. The molecule has 1 heterocycles. The van der Waals surface area contributed by atoms with Crippen LogP contribution in [0.3, 0.4) is 0 Å². The Kier molecular flexibility index (Phi) is 7.34. The Bertz CT molecular complexity index is 263. The molecule has 0 saturated carbocycles. The quantitative estimate of drug-likeness (QED) is 0.694. The number of carbonyl (C=O) groups is 1. The normalized spacial score (nSPS) is 23.9. The topological polar surface area (TPSA) is 53.0 Å². The molecule has 5 nitrogen and oxygen atoms in total. The number of hydrogen-bond acceptors (Lipinski definition) is 4. The first-order valence-electron chi connectivity index (χ1n) is 7.25. The van der Waals surface area contributed by atoms with E-state index in [1.54, 1.807) is 0 Å². The second-order valence-electron chi connectivity index (χ2n) is 5.58. The van der Waals surface area contributed by atoms with Crippen molar-refractivity contribution in [3.63, 3.8) is 0 Å². The number of nitrogens with zero attached hydrogens (tertiary/aromatic N) is 2. The molecule has 1 rings (SSSR count). The molecule has 0 aromatic carbocycles. The van der Waals surface area contributed by atoms with Gasteiger partial charge in [-0.3, -0.25) is 9.69 Å². The van der Waals surface area contributed by atoms with Crippen LogP contribution in [0, 0.1) is 0 Å². The standard InChI is InChI=1S/C14H28N2O3/c1-12-9-16(10-13(2)19-12)14(18)11-15(3)7-5-4-6-8-17/h12-13,17H,4-11H2,1-3H3. The molecule has 2 unspecified atom stereocenters. The van der Waals surface area contributed by atoms with Crippen LogP contribution < -0.4 is 0 Å². The molecule has 0 radical (unpaired) electrons. The number of amides is 1. The maximum atomic E-state index is 12.2. The van der Waals surface area contributed by atoms with Crippen LogP contribution in [0.5, 0.6) is 0 Å². The van der Waals surface area contributed by atoms with Crippen LogP contribution in [0.15, 0.2) is 0 Å². The molecule has 0 aromatic rings. The highest BCUT2D eigenvalue weighted by atomic mass is 16.5. The van der Waals surface area contributed by atoms with Gasteiger partial charge in [-0.25, -0.2) is 0 Å². The van der Waals surface area contributed by atoms with Crippen molar-refractivity contribution in [2.24, 2.45) is 0 Å². The van der Waals surface area contributed by atoms with Crippen molar-refractivity contribution in [2.75, 3.05) is 39.8 Å². The fourth-order valence-corrected chi connectivity index (χ4v) is 2.46. The van der Waals surface area contributed by atoms with Crippen LogP contribution in [-0.4, -0.2) is 72.9 Å². The van der Waals surface area contributed by atoms with E-state index < -0.39 is 0 Å². The summed E-state index contributed by atoms with van der Waals surface area (Å²) in [7, 11) is 1.98. The molecule has 5 heteroatoms. The predicted octanol–water partition coefficient (Wildman–Crippen LogP) is 0.717. The van der Waals surface area contributed by atoms with E-state index in [2.05, 4.69) is 4.90 Å². The maximum absolute atomic E-state index is 12.2. The molecule has 1 amide bonds. The van der Waals surface area contributed by atoms with Crippen LogP contribution in [0.25, 0.3) is 0 Å². The Hall–Kier alpha value is -0.650. The zero-order chi connectivity index (χ0) is 14.3. The van der Waals surface area contributed by atoms with Crippen molar-refractivity contribution >= 4 is 5.91 Å². The average Bonchev–Trinajstić information content (AvgIpc) is 2.33. The SMILES string of the molecule is CC1CN(C(=O)CN(C)CCCCCO)CC(C)O1. The molecule has 1 aliphatic rings. The van der Waals surface area contributed by atoms with E-state index >= 15 is 0 Å². The molecular weight excluding hydrogens is 244 g/mol. The van der Waals surface area contributed by atoms with Crippen LogP contribution in [0.2, 0.25) is 0 Å². The number of unbranched alkanes of at least 4 members (excludes halogenated alkanes) is 2. The Labute approximate surface area is 116 Å². The number of likely N-dealkylation sites (N-methyl/N-ethyl adjacent to an activating group) is 1. The first-order chi connectivity index (χ1) is 9.02. The van der Waals surface area contributed by atoms with E-state index in [-0.39, 0.29) is 24.7 Å². The fourth-order valence-electron chi connectivity index (χ4n) is 2.46. The number of aliphatic hydroxyl groups excluding tert-OH is 1. The summed E-state index contributed by atoms with van der Waals surface area (Å²) in [5.74, 6) is 0.187. The number of ether oxygens (including phenoxy) is 1. The van der Waals surface area contributed by atoms with Gasteiger partial charge in [0, 0.05) is 19.7 Å². The van der Waals surface area contributed by atoms with Crippen LogP contribution >= 0.6 is 0 Å². The summed E-state index contributed by atoms with van der Waals surface area (Å²) in [6, 6.07) is 0. The smallest absolute Gasteiger partial charge is 0.236 e. The Morgan fingerprint density at radius 2 is 1.89 bits per heavy atom. The van der Waals surface area contributed by atoms with Crippen LogP contribution in [0.1, 0.15) is 33.1 Å². The van der Waals surface area contributed by atoms with Crippen LogP contribution in [-0.2, 0) is 9.53 Å². The van der Waals surface area contributed by atoms with Gasteiger partial charge in [0.05, 0.1) is 18.8 Å². The van der Waals surface area contributed by atoms with Gasteiger partial charge in [0.15, 0.2) is 0 Å². The van der Waals surface area contributed by atoms with Crippen molar-refractivity contribution in [1.82, 2.24) is 9.80 Å². The molecule has 1 N–H and O–H groups in total. The van der Waals surface area contributed by atoms with Gasteiger partial charge in [-0.05, 0) is 46.7 Å². The highest BCUT2D eigenvalue weighted by molar-refractivity contribution is 5.78. The summed E-state index contributed by atoms with van der Waals surface area (Å²) >= 11 is 0. The van der Waals surface area contributed by atoms with E-state index in [1.165, 1.54) is 0 Å². The van der Waals surface area contributed by atoms with Gasteiger partial charge in [0.2, 0.25) is 5.91 Å². The second kappa shape index (κ2) is 8.51. The van der Waals surface area contributed by atoms with Gasteiger partial charge in [0.1, 0.15) is 0 Å². The van der Waals surface area contributed by atoms with E-state index in [0.29, 0.717) is 19.6 Å². The molecule has 1 saturated heterocycles. The summed E-state index contributed by atoms with van der Waals surface area (Å²) in [4.78, 5) is 16.1. The molecule has 1 fully saturated rings. The van der Waals surface area contributed by atoms with Crippen molar-refractivity contribution in [3.8, 4) is 0 Å². The predicted molar refractivity (Wildman–Crippen MR) is 75.0 cm³/mol. The number of morpholine rings is 1. The van der Waals surface area contributed by atoms with Crippen molar-refractivity contribution < 1.29 is 14.6 Å². The van der Waals surface area contributed by atoms with Gasteiger partial charge >= 0.3 is 0 Å². The summed E-state index contributed by atoms with van der Waals surface area (Å²) in [5, 5.41) is 8.71. The lowest BCUT2D eigenvalue weighted by Gasteiger charge is -2.36. The first-order valence-corrected chi connectivity index (χ1v) is 7.25. The number of hydrogen-bond donors (Lipinski definition) is 1. The summed E-state index contributed by atoms with van der Waals surface area (Å²) in [5.41, 5.74) is 0. The Morgan fingerprint density at radius 1 is 1.26 bits per heavy atom. The van der Waals surface area contributed by atoms with Crippen molar-refractivity contribution in [1.29, 1.82) is 0 Å². The summed E-state index contributed by atoms with van der Waals surface area (Å²) < 4.78 is 5.63. The number of aliphatic hydroxyl groups is 1. The molecule has 0 bridgehead atoms. The van der Waals surface area contributed by atoms with E-state index in [9.17, 15) is 4.79 Å². The van der Waals surface area contributed by atoms with E-state index in [0.717, 1.165) is 25.8 Å².